The molecule has 0 radical (unpaired) electrons. The van der Waals surface area contributed by atoms with E-state index < -0.39 is 4.92 Å². The summed E-state index contributed by atoms with van der Waals surface area (Å²) in [5.74, 6) is 0.697. The van der Waals surface area contributed by atoms with Gasteiger partial charge in [-0.15, -0.1) is 0 Å². The second-order valence-corrected chi connectivity index (χ2v) is 5.66. The van der Waals surface area contributed by atoms with Crippen molar-refractivity contribution < 1.29 is 4.92 Å². The molecule has 0 saturated carbocycles. The number of aromatic nitrogens is 2. The zero-order valence-electron chi connectivity index (χ0n) is 12.3. The van der Waals surface area contributed by atoms with Crippen LogP contribution in [0.3, 0.4) is 0 Å². The van der Waals surface area contributed by atoms with Gasteiger partial charge < -0.3 is 10.6 Å². The van der Waals surface area contributed by atoms with E-state index in [1.165, 1.54) is 0 Å². The van der Waals surface area contributed by atoms with Crippen LogP contribution in [0.2, 0.25) is 0 Å². The highest BCUT2D eigenvalue weighted by Crippen LogP contribution is 2.26. The first kappa shape index (κ1) is 16.5. The van der Waals surface area contributed by atoms with Gasteiger partial charge in [-0.1, -0.05) is 6.92 Å². The molecule has 0 aliphatic carbocycles. The molecule has 0 amide bonds. The van der Waals surface area contributed by atoms with E-state index >= 15 is 0 Å². The topological polar surface area (TPSA) is 93.0 Å². The van der Waals surface area contributed by atoms with Crippen molar-refractivity contribution in [2.45, 2.75) is 32.4 Å². The van der Waals surface area contributed by atoms with Gasteiger partial charge in [0.1, 0.15) is 5.69 Å². The Morgan fingerprint density at radius 1 is 1.40 bits per heavy atom. The third kappa shape index (κ3) is 4.52. The van der Waals surface area contributed by atoms with E-state index in [-0.39, 0.29) is 11.5 Å². The van der Waals surface area contributed by atoms with Crippen LogP contribution in [0.5, 0.6) is 0 Å². The Kier molecular flexibility index (Phi) is 6.50. The molecule has 0 fully saturated rings. The lowest BCUT2D eigenvalue weighted by Crippen LogP contribution is -2.13. The molecule has 1 atom stereocenters. The highest BCUT2D eigenvalue weighted by atomic mass is 32.2. The fourth-order valence-corrected chi connectivity index (χ4v) is 2.01. The minimum absolute atomic E-state index is 0.0524. The third-order valence-electron chi connectivity index (χ3n) is 2.82. The van der Waals surface area contributed by atoms with Gasteiger partial charge in [0.05, 0.1) is 4.92 Å². The van der Waals surface area contributed by atoms with Crippen molar-refractivity contribution >= 4 is 29.2 Å². The zero-order valence-corrected chi connectivity index (χ0v) is 13.1. The molecule has 1 aromatic heterocycles. The number of thioether (sulfide) groups is 1. The first-order chi connectivity index (χ1) is 9.49. The number of nitro groups is 1. The molecular formula is C12H21N5O2S. The van der Waals surface area contributed by atoms with Crippen LogP contribution >= 0.6 is 11.8 Å². The molecule has 1 unspecified atom stereocenters. The molecule has 7 nitrogen and oxygen atoms in total. The summed E-state index contributed by atoms with van der Waals surface area (Å²) in [7, 11) is 0. The van der Waals surface area contributed by atoms with Crippen LogP contribution in [-0.2, 0) is 0 Å². The van der Waals surface area contributed by atoms with Gasteiger partial charge in [0.15, 0.2) is 0 Å². The number of hydrogen-bond acceptors (Lipinski definition) is 7. The number of nitrogens with one attached hydrogen (secondary N) is 2. The summed E-state index contributed by atoms with van der Waals surface area (Å²) < 4.78 is 0. The number of rotatable bonds is 8. The van der Waals surface area contributed by atoms with Crippen LogP contribution in [0.25, 0.3) is 0 Å². The lowest BCUT2D eigenvalue weighted by molar-refractivity contribution is -0.385. The average molecular weight is 299 g/mol. The maximum absolute atomic E-state index is 11.1. The van der Waals surface area contributed by atoms with Crippen molar-refractivity contribution in [3.8, 4) is 0 Å². The predicted molar refractivity (Wildman–Crippen MR) is 83.7 cm³/mol. The van der Waals surface area contributed by atoms with Crippen molar-refractivity contribution in [2.24, 2.45) is 0 Å². The standard InChI is InChI=1S/C12H21N5O2S/c1-5-13-12-15-9(3)10(17(18)19)11(16-12)14-7-6-8(2)20-4/h8H,5-7H2,1-4H3,(H2,13,14,15,16). The number of anilines is 2. The van der Waals surface area contributed by atoms with Crippen molar-refractivity contribution in [1.82, 2.24) is 9.97 Å². The van der Waals surface area contributed by atoms with Gasteiger partial charge in [-0.05, 0) is 26.5 Å². The zero-order chi connectivity index (χ0) is 15.1. The van der Waals surface area contributed by atoms with Crippen molar-refractivity contribution in [2.75, 3.05) is 30.0 Å². The van der Waals surface area contributed by atoms with Crippen LogP contribution in [0.15, 0.2) is 0 Å². The third-order valence-corrected chi connectivity index (χ3v) is 3.86. The minimum atomic E-state index is -0.439. The van der Waals surface area contributed by atoms with Gasteiger partial charge in [-0.2, -0.15) is 16.7 Å². The van der Waals surface area contributed by atoms with E-state index in [1.807, 2.05) is 13.2 Å². The maximum Gasteiger partial charge on any atom is 0.332 e. The highest BCUT2D eigenvalue weighted by Gasteiger charge is 2.21. The second kappa shape index (κ2) is 7.88. The Morgan fingerprint density at radius 3 is 2.65 bits per heavy atom. The molecule has 0 aliphatic rings. The van der Waals surface area contributed by atoms with E-state index in [0.717, 1.165) is 6.42 Å². The van der Waals surface area contributed by atoms with Gasteiger partial charge in [0.25, 0.3) is 0 Å². The van der Waals surface area contributed by atoms with Crippen LogP contribution < -0.4 is 10.6 Å². The van der Waals surface area contributed by atoms with E-state index in [4.69, 9.17) is 0 Å². The van der Waals surface area contributed by atoms with Crippen molar-refractivity contribution in [3.05, 3.63) is 15.8 Å². The molecule has 1 rings (SSSR count). The van der Waals surface area contributed by atoms with Gasteiger partial charge in [-0.25, -0.2) is 4.98 Å². The molecule has 20 heavy (non-hydrogen) atoms. The Balaban J connectivity index is 2.92. The maximum atomic E-state index is 11.1. The SMILES string of the molecule is CCNc1nc(C)c([N+](=O)[O-])c(NCCC(C)SC)n1. The molecule has 1 aromatic rings. The van der Waals surface area contributed by atoms with E-state index in [9.17, 15) is 10.1 Å². The van der Waals surface area contributed by atoms with Crippen LogP contribution in [0.1, 0.15) is 26.0 Å². The molecular weight excluding hydrogens is 278 g/mol. The normalized spacial score (nSPS) is 12.0. The molecule has 0 saturated heterocycles. The Hall–Kier alpha value is -1.57. The number of hydrogen-bond donors (Lipinski definition) is 2. The van der Waals surface area contributed by atoms with E-state index in [1.54, 1.807) is 18.7 Å². The van der Waals surface area contributed by atoms with Gasteiger partial charge >= 0.3 is 5.69 Å². The first-order valence-corrected chi connectivity index (χ1v) is 7.81. The fourth-order valence-electron chi connectivity index (χ4n) is 1.66. The highest BCUT2D eigenvalue weighted by molar-refractivity contribution is 7.99. The Morgan fingerprint density at radius 2 is 2.10 bits per heavy atom. The minimum Gasteiger partial charge on any atom is -0.364 e. The van der Waals surface area contributed by atoms with Gasteiger partial charge in [0, 0.05) is 18.3 Å². The molecule has 1 heterocycles. The fraction of sp³-hybridized carbons (Fsp3) is 0.667. The Bertz CT molecular complexity index is 469. The summed E-state index contributed by atoms with van der Waals surface area (Å²) in [5.41, 5.74) is 0.310. The molecule has 0 bridgehead atoms. The largest absolute Gasteiger partial charge is 0.364 e. The molecule has 0 aliphatic heterocycles. The molecule has 8 heteroatoms. The number of nitrogens with zero attached hydrogens (tertiary/aromatic N) is 3. The smallest absolute Gasteiger partial charge is 0.332 e. The quantitative estimate of drug-likeness (QED) is 0.563. The molecule has 2 N–H and O–H groups in total. The summed E-state index contributed by atoms with van der Waals surface area (Å²) in [4.78, 5) is 19.0. The lowest BCUT2D eigenvalue weighted by atomic mass is 10.3. The van der Waals surface area contributed by atoms with Crippen LogP contribution in [-0.4, -0.2) is 39.5 Å². The molecule has 112 valence electrons. The van der Waals surface area contributed by atoms with E-state index in [0.29, 0.717) is 30.0 Å². The van der Waals surface area contributed by atoms with Gasteiger partial charge in [-0.3, -0.25) is 10.1 Å². The van der Waals surface area contributed by atoms with Crippen LogP contribution in [0, 0.1) is 17.0 Å². The summed E-state index contributed by atoms with van der Waals surface area (Å²) >= 11 is 1.77. The summed E-state index contributed by atoms with van der Waals surface area (Å²) in [5, 5.41) is 17.7. The van der Waals surface area contributed by atoms with Gasteiger partial charge in [0.2, 0.25) is 11.8 Å². The van der Waals surface area contributed by atoms with Crippen molar-refractivity contribution in [3.63, 3.8) is 0 Å². The predicted octanol–water partition coefficient (Wildman–Crippen LogP) is 2.68. The van der Waals surface area contributed by atoms with Crippen molar-refractivity contribution in [1.29, 1.82) is 0 Å². The average Bonchev–Trinajstić information content (AvgIpc) is 2.37. The monoisotopic (exact) mass is 299 g/mol. The first-order valence-electron chi connectivity index (χ1n) is 6.53. The Labute approximate surface area is 123 Å². The second-order valence-electron chi connectivity index (χ2n) is 4.38. The molecule has 0 spiro atoms. The molecule has 0 aromatic carbocycles. The van der Waals surface area contributed by atoms with Crippen LogP contribution in [0.4, 0.5) is 17.5 Å². The summed E-state index contributed by atoms with van der Waals surface area (Å²) in [6, 6.07) is 0. The summed E-state index contributed by atoms with van der Waals surface area (Å²) in [6.45, 7) is 6.98. The summed E-state index contributed by atoms with van der Waals surface area (Å²) in [6.07, 6.45) is 2.96. The lowest BCUT2D eigenvalue weighted by Gasteiger charge is -2.12. The van der Waals surface area contributed by atoms with E-state index in [2.05, 4.69) is 27.5 Å². The number of aryl methyl sites for hydroxylation is 1.